The van der Waals surface area contributed by atoms with Gasteiger partial charge in [0.15, 0.2) is 0 Å². The van der Waals surface area contributed by atoms with Gasteiger partial charge >= 0.3 is 0 Å². The molecule has 0 bridgehead atoms. The monoisotopic (exact) mass is 351 g/mol. The predicted octanol–water partition coefficient (Wildman–Crippen LogP) is 3.03. The standard InChI is InChI=1S/C19H17N3O4/c1-24-15-2-4-16(5-3-15)25-13-18-7-6-17(26-18)12-21-22-19(23)14-8-10-20-11-9-14/h2-12H,13H2,1H3,(H,22,23)/b21-12-. The van der Waals surface area contributed by atoms with Crippen LogP contribution in [0.15, 0.2) is 70.4 Å². The molecule has 0 unspecified atom stereocenters. The zero-order valence-electron chi connectivity index (χ0n) is 14.1. The number of nitrogens with zero attached hydrogens (tertiary/aromatic N) is 2. The normalized spacial score (nSPS) is 10.7. The van der Waals surface area contributed by atoms with Crippen molar-refractivity contribution < 1.29 is 18.7 Å². The van der Waals surface area contributed by atoms with Crippen LogP contribution in [-0.2, 0) is 6.61 Å². The average Bonchev–Trinajstić information content (AvgIpc) is 3.15. The molecular formula is C19H17N3O4. The van der Waals surface area contributed by atoms with E-state index in [1.807, 2.05) is 24.3 Å². The molecule has 0 spiro atoms. The van der Waals surface area contributed by atoms with Crippen LogP contribution in [0, 0.1) is 0 Å². The highest BCUT2D eigenvalue weighted by Gasteiger charge is 2.04. The van der Waals surface area contributed by atoms with E-state index in [4.69, 9.17) is 13.9 Å². The van der Waals surface area contributed by atoms with E-state index in [1.165, 1.54) is 6.21 Å². The Hall–Kier alpha value is -3.61. The summed E-state index contributed by atoms with van der Waals surface area (Å²) in [4.78, 5) is 15.7. The van der Waals surface area contributed by atoms with Crippen molar-refractivity contribution in [2.24, 2.45) is 5.10 Å². The molecule has 0 fully saturated rings. The lowest BCUT2D eigenvalue weighted by Crippen LogP contribution is -2.17. The third kappa shape index (κ3) is 4.70. The third-order valence-electron chi connectivity index (χ3n) is 3.42. The highest BCUT2D eigenvalue weighted by molar-refractivity contribution is 5.94. The van der Waals surface area contributed by atoms with Crippen molar-refractivity contribution in [3.63, 3.8) is 0 Å². The second-order valence-electron chi connectivity index (χ2n) is 5.20. The van der Waals surface area contributed by atoms with Crippen LogP contribution in [0.4, 0.5) is 0 Å². The van der Waals surface area contributed by atoms with Gasteiger partial charge in [0.2, 0.25) is 0 Å². The molecule has 1 aromatic carbocycles. The maximum Gasteiger partial charge on any atom is 0.271 e. The quantitative estimate of drug-likeness (QED) is 0.522. The van der Waals surface area contributed by atoms with Gasteiger partial charge in [-0.1, -0.05) is 0 Å². The van der Waals surface area contributed by atoms with E-state index in [0.717, 1.165) is 5.75 Å². The predicted molar refractivity (Wildman–Crippen MR) is 95.3 cm³/mol. The Bertz CT molecular complexity index is 873. The second-order valence-corrected chi connectivity index (χ2v) is 5.20. The summed E-state index contributed by atoms with van der Waals surface area (Å²) in [5.41, 5.74) is 2.90. The minimum atomic E-state index is -0.321. The number of methoxy groups -OCH3 is 1. The lowest BCUT2D eigenvalue weighted by molar-refractivity contribution is 0.0955. The molecule has 26 heavy (non-hydrogen) atoms. The number of hydrazone groups is 1. The lowest BCUT2D eigenvalue weighted by atomic mass is 10.3. The molecule has 2 aromatic heterocycles. The van der Waals surface area contributed by atoms with E-state index in [2.05, 4.69) is 15.5 Å². The Balaban J connectivity index is 1.50. The Morgan fingerprint density at radius 1 is 1.12 bits per heavy atom. The summed E-state index contributed by atoms with van der Waals surface area (Å²) >= 11 is 0. The summed E-state index contributed by atoms with van der Waals surface area (Å²) in [6, 6.07) is 14.0. The largest absolute Gasteiger partial charge is 0.497 e. The van der Waals surface area contributed by atoms with Gasteiger partial charge in [-0.25, -0.2) is 5.43 Å². The molecule has 0 radical (unpaired) electrons. The van der Waals surface area contributed by atoms with Crippen LogP contribution in [0.5, 0.6) is 11.5 Å². The zero-order chi connectivity index (χ0) is 18.2. The minimum absolute atomic E-state index is 0.281. The Kier molecular flexibility index (Phi) is 5.61. The van der Waals surface area contributed by atoms with E-state index < -0.39 is 0 Å². The van der Waals surface area contributed by atoms with Crippen LogP contribution in [0.25, 0.3) is 0 Å². The van der Waals surface area contributed by atoms with Crippen molar-refractivity contribution in [1.29, 1.82) is 0 Å². The number of hydrogen-bond acceptors (Lipinski definition) is 6. The molecule has 0 atom stereocenters. The van der Waals surface area contributed by atoms with Gasteiger partial charge in [-0.15, -0.1) is 0 Å². The zero-order valence-corrected chi connectivity index (χ0v) is 14.1. The molecule has 3 aromatic rings. The van der Waals surface area contributed by atoms with E-state index in [-0.39, 0.29) is 12.5 Å². The maximum atomic E-state index is 11.8. The topological polar surface area (TPSA) is 86.0 Å². The average molecular weight is 351 g/mol. The molecule has 3 rings (SSSR count). The molecule has 0 saturated carbocycles. The first-order valence-corrected chi connectivity index (χ1v) is 7.83. The Labute approximate surface area is 150 Å². The van der Waals surface area contributed by atoms with E-state index in [0.29, 0.717) is 22.8 Å². The number of hydrogen-bond donors (Lipinski definition) is 1. The van der Waals surface area contributed by atoms with Crippen LogP contribution in [0.1, 0.15) is 21.9 Å². The van der Waals surface area contributed by atoms with Gasteiger partial charge in [0.25, 0.3) is 5.91 Å². The number of carbonyl (C=O) groups is 1. The van der Waals surface area contributed by atoms with Crippen molar-refractivity contribution in [3.05, 3.63) is 78.0 Å². The van der Waals surface area contributed by atoms with Crippen molar-refractivity contribution >= 4 is 12.1 Å². The third-order valence-corrected chi connectivity index (χ3v) is 3.42. The number of amides is 1. The fourth-order valence-corrected chi connectivity index (χ4v) is 2.09. The number of ether oxygens (including phenoxy) is 2. The number of rotatable bonds is 7. The summed E-state index contributed by atoms with van der Waals surface area (Å²) < 4.78 is 16.3. The van der Waals surface area contributed by atoms with Crippen LogP contribution in [0.2, 0.25) is 0 Å². The first kappa shape index (κ1) is 17.2. The van der Waals surface area contributed by atoms with Crippen LogP contribution < -0.4 is 14.9 Å². The Morgan fingerprint density at radius 2 is 1.85 bits per heavy atom. The maximum absolute atomic E-state index is 11.8. The van der Waals surface area contributed by atoms with Crippen molar-refractivity contribution in [3.8, 4) is 11.5 Å². The number of aromatic nitrogens is 1. The van der Waals surface area contributed by atoms with Gasteiger partial charge in [0.05, 0.1) is 13.3 Å². The first-order valence-electron chi connectivity index (χ1n) is 7.83. The molecule has 0 aliphatic carbocycles. The van der Waals surface area contributed by atoms with E-state index in [1.54, 1.807) is 43.8 Å². The molecule has 0 aliphatic heterocycles. The molecule has 1 amide bonds. The van der Waals surface area contributed by atoms with Gasteiger partial charge in [-0.2, -0.15) is 5.10 Å². The summed E-state index contributed by atoms with van der Waals surface area (Å²) in [5, 5.41) is 3.88. The smallest absolute Gasteiger partial charge is 0.271 e. The highest BCUT2D eigenvalue weighted by Crippen LogP contribution is 2.18. The van der Waals surface area contributed by atoms with Crippen molar-refractivity contribution in [2.75, 3.05) is 7.11 Å². The lowest BCUT2D eigenvalue weighted by Gasteiger charge is -2.05. The summed E-state index contributed by atoms with van der Waals surface area (Å²) in [6.07, 6.45) is 4.51. The minimum Gasteiger partial charge on any atom is -0.497 e. The van der Waals surface area contributed by atoms with Gasteiger partial charge in [0.1, 0.15) is 29.6 Å². The molecule has 7 nitrogen and oxygen atoms in total. The number of benzene rings is 1. The Morgan fingerprint density at radius 3 is 2.58 bits per heavy atom. The fraction of sp³-hybridized carbons (Fsp3) is 0.105. The van der Waals surface area contributed by atoms with Crippen molar-refractivity contribution in [1.82, 2.24) is 10.4 Å². The molecule has 132 valence electrons. The number of furan rings is 1. The highest BCUT2D eigenvalue weighted by atomic mass is 16.5. The summed E-state index contributed by atoms with van der Waals surface area (Å²) in [5.74, 6) is 2.30. The van der Waals surface area contributed by atoms with E-state index >= 15 is 0 Å². The molecule has 2 heterocycles. The van der Waals surface area contributed by atoms with Gasteiger partial charge in [-0.05, 0) is 48.5 Å². The second kappa shape index (κ2) is 8.48. The SMILES string of the molecule is COc1ccc(OCc2ccc(/C=N\NC(=O)c3ccncc3)o2)cc1. The number of pyridine rings is 1. The summed E-state index contributed by atoms with van der Waals surface area (Å²) in [7, 11) is 1.61. The van der Waals surface area contributed by atoms with Gasteiger partial charge < -0.3 is 13.9 Å². The van der Waals surface area contributed by atoms with Crippen molar-refractivity contribution in [2.45, 2.75) is 6.61 Å². The molecule has 1 N–H and O–H groups in total. The van der Waals surface area contributed by atoms with Crippen LogP contribution in [-0.4, -0.2) is 24.2 Å². The molecule has 7 heteroatoms. The molecule has 0 saturated heterocycles. The molecule has 0 aliphatic rings. The number of nitrogens with one attached hydrogen (secondary N) is 1. The van der Waals surface area contributed by atoms with Gasteiger partial charge in [-0.3, -0.25) is 9.78 Å². The summed E-state index contributed by atoms with van der Waals surface area (Å²) in [6.45, 7) is 0.281. The first-order chi connectivity index (χ1) is 12.7. The fourth-order valence-electron chi connectivity index (χ4n) is 2.09. The van der Waals surface area contributed by atoms with Crippen LogP contribution >= 0.6 is 0 Å². The number of carbonyl (C=O) groups excluding carboxylic acids is 1. The van der Waals surface area contributed by atoms with E-state index in [9.17, 15) is 4.79 Å². The van der Waals surface area contributed by atoms with Crippen LogP contribution in [0.3, 0.4) is 0 Å². The van der Waals surface area contributed by atoms with Gasteiger partial charge in [0, 0.05) is 18.0 Å². The molecular weight excluding hydrogens is 334 g/mol.